The molecule has 0 amide bonds. The fraction of sp³-hybridized carbons (Fsp3) is 0.667. The summed E-state index contributed by atoms with van der Waals surface area (Å²) in [6.45, 7) is 5.58. The van der Waals surface area contributed by atoms with Crippen molar-refractivity contribution in [3.05, 3.63) is 22.2 Å². The molecule has 4 nitrogen and oxygen atoms in total. The lowest BCUT2D eigenvalue weighted by Crippen LogP contribution is -2.44. The molecule has 1 aromatic rings. The molecule has 0 atom stereocenters. The standard InChI is InChI=1S/C18H27BrN2O2/c1-22-18-16(19)12-14(6-9-21-10-7-20-8-11-21)13-17(18)23-15-4-2-3-5-15/h12-13,15,20H,2-11H2,1H3. The second-order valence-electron chi connectivity index (χ2n) is 6.47. The van der Waals surface area contributed by atoms with Gasteiger partial charge < -0.3 is 19.7 Å². The second kappa shape index (κ2) is 8.36. The van der Waals surface area contributed by atoms with Crippen molar-refractivity contribution in [2.75, 3.05) is 39.8 Å². The summed E-state index contributed by atoms with van der Waals surface area (Å²) in [4.78, 5) is 2.52. The fourth-order valence-corrected chi connectivity index (χ4v) is 4.11. The van der Waals surface area contributed by atoms with Crippen LogP contribution < -0.4 is 14.8 Å². The van der Waals surface area contributed by atoms with E-state index in [2.05, 4.69) is 38.3 Å². The maximum atomic E-state index is 6.23. The normalized spacial score (nSPS) is 19.9. The topological polar surface area (TPSA) is 33.7 Å². The van der Waals surface area contributed by atoms with Crippen molar-refractivity contribution >= 4 is 15.9 Å². The fourth-order valence-electron chi connectivity index (χ4n) is 3.46. The van der Waals surface area contributed by atoms with Gasteiger partial charge in [-0.1, -0.05) is 0 Å². The molecule has 0 aromatic heterocycles. The Labute approximate surface area is 147 Å². The zero-order valence-corrected chi connectivity index (χ0v) is 15.5. The van der Waals surface area contributed by atoms with Crippen LogP contribution in [0, 0.1) is 0 Å². The summed E-state index contributed by atoms with van der Waals surface area (Å²) in [6.07, 6.45) is 6.26. The Morgan fingerprint density at radius 2 is 1.96 bits per heavy atom. The highest BCUT2D eigenvalue weighted by molar-refractivity contribution is 9.10. The lowest BCUT2D eigenvalue weighted by molar-refractivity contribution is 0.200. The zero-order chi connectivity index (χ0) is 16.1. The van der Waals surface area contributed by atoms with Crippen molar-refractivity contribution in [1.82, 2.24) is 10.2 Å². The van der Waals surface area contributed by atoms with Crippen LogP contribution in [-0.2, 0) is 6.42 Å². The van der Waals surface area contributed by atoms with Crippen LogP contribution >= 0.6 is 15.9 Å². The highest BCUT2D eigenvalue weighted by Gasteiger charge is 2.20. The number of rotatable bonds is 6. The number of nitrogens with zero attached hydrogens (tertiary/aromatic N) is 1. The molecule has 1 aromatic carbocycles. The van der Waals surface area contributed by atoms with Crippen LogP contribution in [0.15, 0.2) is 16.6 Å². The number of hydrogen-bond donors (Lipinski definition) is 1. The van der Waals surface area contributed by atoms with Gasteiger partial charge in [0.15, 0.2) is 11.5 Å². The number of piperazine rings is 1. The van der Waals surface area contributed by atoms with E-state index in [4.69, 9.17) is 9.47 Å². The van der Waals surface area contributed by atoms with E-state index in [0.29, 0.717) is 6.10 Å². The molecule has 1 N–H and O–H groups in total. The SMILES string of the molecule is COc1c(Br)cc(CCN2CCNCC2)cc1OC1CCCC1. The Bertz CT molecular complexity index is 512. The predicted molar refractivity (Wildman–Crippen MR) is 96.6 cm³/mol. The van der Waals surface area contributed by atoms with Crippen LogP contribution in [-0.4, -0.2) is 50.8 Å². The number of ether oxygens (including phenoxy) is 2. The molecule has 2 fully saturated rings. The number of halogens is 1. The van der Waals surface area contributed by atoms with Gasteiger partial charge in [0.25, 0.3) is 0 Å². The molecule has 1 aliphatic heterocycles. The van der Waals surface area contributed by atoms with Crippen LogP contribution in [0.3, 0.4) is 0 Å². The number of benzene rings is 1. The average molecular weight is 383 g/mol. The van der Waals surface area contributed by atoms with Gasteiger partial charge in [-0.3, -0.25) is 0 Å². The van der Waals surface area contributed by atoms with Crippen molar-refractivity contribution in [1.29, 1.82) is 0 Å². The van der Waals surface area contributed by atoms with E-state index in [-0.39, 0.29) is 0 Å². The van der Waals surface area contributed by atoms with E-state index in [9.17, 15) is 0 Å². The van der Waals surface area contributed by atoms with Crippen LogP contribution in [0.25, 0.3) is 0 Å². The number of hydrogen-bond acceptors (Lipinski definition) is 4. The molecule has 0 unspecified atom stereocenters. The molecule has 1 saturated heterocycles. The maximum Gasteiger partial charge on any atom is 0.174 e. The smallest absolute Gasteiger partial charge is 0.174 e. The van der Waals surface area contributed by atoms with Gasteiger partial charge in [-0.05, 0) is 65.7 Å². The first-order valence-corrected chi connectivity index (χ1v) is 9.51. The summed E-state index contributed by atoms with van der Waals surface area (Å²) in [6, 6.07) is 4.34. The molecule has 0 spiro atoms. The lowest BCUT2D eigenvalue weighted by atomic mass is 10.1. The van der Waals surface area contributed by atoms with Crippen LogP contribution in [0.1, 0.15) is 31.2 Å². The van der Waals surface area contributed by atoms with E-state index in [1.165, 1.54) is 18.4 Å². The van der Waals surface area contributed by atoms with Gasteiger partial charge in [0.1, 0.15) is 0 Å². The largest absolute Gasteiger partial charge is 0.492 e. The Kier molecular flexibility index (Phi) is 6.20. The van der Waals surface area contributed by atoms with Gasteiger partial charge in [0, 0.05) is 32.7 Å². The van der Waals surface area contributed by atoms with Gasteiger partial charge in [-0.2, -0.15) is 0 Å². The van der Waals surface area contributed by atoms with Gasteiger partial charge in [-0.25, -0.2) is 0 Å². The van der Waals surface area contributed by atoms with E-state index >= 15 is 0 Å². The Balaban J connectivity index is 1.68. The summed E-state index contributed by atoms with van der Waals surface area (Å²) in [7, 11) is 1.71. The third kappa shape index (κ3) is 4.61. The number of nitrogens with one attached hydrogen (secondary N) is 1. The highest BCUT2D eigenvalue weighted by atomic mass is 79.9. The monoisotopic (exact) mass is 382 g/mol. The summed E-state index contributed by atoms with van der Waals surface area (Å²) in [5.41, 5.74) is 1.31. The second-order valence-corrected chi connectivity index (χ2v) is 7.33. The highest BCUT2D eigenvalue weighted by Crippen LogP contribution is 2.38. The summed E-state index contributed by atoms with van der Waals surface area (Å²) >= 11 is 3.64. The first-order chi connectivity index (χ1) is 11.3. The van der Waals surface area contributed by atoms with Crippen molar-refractivity contribution in [2.45, 2.75) is 38.2 Å². The third-order valence-corrected chi connectivity index (χ3v) is 5.38. The van der Waals surface area contributed by atoms with E-state index < -0.39 is 0 Å². The Hall–Kier alpha value is -0.780. The molecule has 128 valence electrons. The minimum absolute atomic E-state index is 0.346. The van der Waals surface area contributed by atoms with Crippen molar-refractivity contribution in [3.63, 3.8) is 0 Å². The van der Waals surface area contributed by atoms with Gasteiger partial charge in [0.05, 0.1) is 17.7 Å². The minimum Gasteiger partial charge on any atom is -0.492 e. The van der Waals surface area contributed by atoms with E-state index in [1.54, 1.807) is 7.11 Å². The Morgan fingerprint density at radius 3 is 2.65 bits per heavy atom. The van der Waals surface area contributed by atoms with Crippen LogP contribution in [0.4, 0.5) is 0 Å². The predicted octanol–water partition coefficient (Wildman–Crippen LogP) is 3.23. The molecule has 1 heterocycles. The van der Waals surface area contributed by atoms with Crippen molar-refractivity contribution < 1.29 is 9.47 Å². The quantitative estimate of drug-likeness (QED) is 0.818. The molecule has 3 rings (SSSR count). The summed E-state index contributed by atoms with van der Waals surface area (Å²) in [5.74, 6) is 1.71. The molecule has 0 radical (unpaired) electrons. The molecular weight excluding hydrogens is 356 g/mol. The summed E-state index contributed by atoms with van der Waals surface area (Å²) < 4.78 is 12.8. The van der Waals surface area contributed by atoms with Crippen LogP contribution in [0.5, 0.6) is 11.5 Å². The first kappa shape index (κ1) is 17.1. The maximum absolute atomic E-state index is 6.23. The minimum atomic E-state index is 0.346. The number of methoxy groups -OCH3 is 1. The van der Waals surface area contributed by atoms with Crippen molar-refractivity contribution in [3.8, 4) is 11.5 Å². The van der Waals surface area contributed by atoms with E-state index in [1.807, 2.05) is 0 Å². The van der Waals surface area contributed by atoms with Gasteiger partial charge in [0.2, 0.25) is 0 Å². The molecule has 2 aliphatic rings. The van der Waals surface area contributed by atoms with Gasteiger partial charge >= 0.3 is 0 Å². The Morgan fingerprint density at radius 1 is 1.22 bits per heavy atom. The van der Waals surface area contributed by atoms with Crippen LogP contribution in [0.2, 0.25) is 0 Å². The van der Waals surface area contributed by atoms with Gasteiger partial charge in [-0.15, -0.1) is 0 Å². The molecule has 1 saturated carbocycles. The lowest BCUT2D eigenvalue weighted by Gasteiger charge is -2.27. The third-order valence-electron chi connectivity index (χ3n) is 4.80. The zero-order valence-electron chi connectivity index (χ0n) is 13.9. The molecular formula is C18H27BrN2O2. The summed E-state index contributed by atoms with van der Waals surface area (Å²) in [5, 5.41) is 3.40. The molecule has 0 bridgehead atoms. The molecule has 23 heavy (non-hydrogen) atoms. The average Bonchev–Trinajstić information content (AvgIpc) is 3.07. The van der Waals surface area contributed by atoms with Crippen molar-refractivity contribution in [2.24, 2.45) is 0 Å². The molecule has 1 aliphatic carbocycles. The molecule has 5 heteroatoms. The first-order valence-electron chi connectivity index (χ1n) is 8.72. The van der Waals surface area contributed by atoms with E-state index in [0.717, 1.165) is 68.0 Å².